The predicted octanol–water partition coefficient (Wildman–Crippen LogP) is 0.758. The van der Waals surface area contributed by atoms with Crippen molar-refractivity contribution < 1.29 is 9.90 Å². The molecule has 2 fully saturated rings. The lowest BCUT2D eigenvalue weighted by Gasteiger charge is -2.30. The molecule has 2 unspecified atom stereocenters. The van der Waals surface area contributed by atoms with Crippen LogP contribution in [0.5, 0.6) is 0 Å². The molecule has 0 amide bonds. The van der Waals surface area contributed by atoms with Gasteiger partial charge >= 0.3 is 0 Å². The highest BCUT2D eigenvalue weighted by Gasteiger charge is 2.51. The third-order valence-electron chi connectivity index (χ3n) is 3.07. The molecule has 2 heteroatoms. The minimum atomic E-state index is -0.311. The molecule has 2 aliphatic carbocycles. The minimum absolute atomic E-state index is 0.160. The van der Waals surface area contributed by atoms with Crippen molar-refractivity contribution in [1.82, 2.24) is 0 Å². The Bertz CT molecular complexity index is 210. The fourth-order valence-electron chi connectivity index (χ4n) is 2.35. The molecule has 2 saturated carbocycles. The summed E-state index contributed by atoms with van der Waals surface area (Å²) >= 11 is 0. The molecule has 60 valence electrons. The number of hydrogen-bond acceptors (Lipinski definition) is 2. The lowest BCUT2D eigenvalue weighted by Crippen LogP contribution is -2.35. The van der Waals surface area contributed by atoms with Crippen LogP contribution >= 0.6 is 0 Å². The van der Waals surface area contributed by atoms with Gasteiger partial charge in [-0.15, -0.1) is 6.58 Å². The fraction of sp³-hybridized carbons (Fsp3) is 0.667. The molecule has 1 N–H and O–H groups in total. The van der Waals surface area contributed by atoms with E-state index < -0.39 is 0 Å². The molecule has 0 heterocycles. The van der Waals surface area contributed by atoms with Crippen molar-refractivity contribution in [2.45, 2.75) is 18.9 Å². The molecule has 2 aliphatic rings. The lowest BCUT2D eigenvalue weighted by atomic mass is 9.71. The van der Waals surface area contributed by atoms with E-state index in [4.69, 9.17) is 0 Å². The monoisotopic (exact) mass is 152 g/mol. The van der Waals surface area contributed by atoms with Crippen LogP contribution in [-0.4, -0.2) is 17.0 Å². The molecular weight excluding hydrogens is 140 g/mol. The summed E-state index contributed by atoms with van der Waals surface area (Å²) in [4.78, 5) is 11.0. The molecule has 11 heavy (non-hydrogen) atoms. The molecule has 0 aromatic carbocycles. The summed E-state index contributed by atoms with van der Waals surface area (Å²) in [7, 11) is 0. The van der Waals surface area contributed by atoms with Gasteiger partial charge in [0.1, 0.15) is 5.78 Å². The Morgan fingerprint density at radius 3 is 2.82 bits per heavy atom. The van der Waals surface area contributed by atoms with Crippen LogP contribution in [-0.2, 0) is 4.79 Å². The van der Waals surface area contributed by atoms with E-state index in [2.05, 4.69) is 6.58 Å². The van der Waals surface area contributed by atoms with Gasteiger partial charge in [0.05, 0.1) is 6.10 Å². The van der Waals surface area contributed by atoms with Gasteiger partial charge in [0, 0.05) is 18.3 Å². The zero-order valence-electron chi connectivity index (χ0n) is 6.36. The summed E-state index contributed by atoms with van der Waals surface area (Å²) in [6.45, 7) is 3.67. The van der Waals surface area contributed by atoms with Crippen molar-refractivity contribution in [3.8, 4) is 0 Å². The highest BCUT2D eigenvalue weighted by atomic mass is 16.3. The Labute approximate surface area is 65.9 Å². The molecule has 0 aromatic rings. The SMILES string of the molecule is C=CC1C(O)C[C@@H]2C(=O)C[C@H]12. The normalized spacial score (nSPS) is 48.3. The highest BCUT2D eigenvalue weighted by Crippen LogP contribution is 2.48. The zero-order valence-corrected chi connectivity index (χ0v) is 6.36. The largest absolute Gasteiger partial charge is 0.392 e. The quantitative estimate of drug-likeness (QED) is 0.563. The Hall–Kier alpha value is -0.630. The van der Waals surface area contributed by atoms with E-state index in [9.17, 15) is 9.90 Å². The molecule has 0 aromatic heterocycles. The number of aliphatic hydroxyl groups is 1. The van der Waals surface area contributed by atoms with Crippen molar-refractivity contribution >= 4 is 5.78 Å². The third kappa shape index (κ3) is 0.791. The van der Waals surface area contributed by atoms with Gasteiger partial charge in [-0.1, -0.05) is 6.08 Å². The van der Waals surface area contributed by atoms with Gasteiger partial charge in [0.15, 0.2) is 0 Å². The molecule has 0 spiro atoms. The Kier molecular flexibility index (Phi) is 1.39. The van der Waals surface area contributed by atoms with E-state index in [0.717, 1.165) is 0 Å². The van der Waals surface area contributed by atoms with Gasteiger partial charge in [-0.25, -0.2) is 0 Å². The van der Waals surface area contributed by atoms with E-state index in [0.29, 0.717) is 24.5 Å². The van der Waals surface area contributed by atoms with Crippen LogP contribution in [0.1, 0.15) is 12.8 Å². The molecule has 0 saturated heterocycles. The van der Waals surface area contributed by atoms with Gasteiger partial charge in [0.2, 0.25) is 0 Å². The molecule has 0 radical (unpaired) electrons. The maximum atomic E-state index is 11.0. The first kappa shape index (κ1) is 7.04. The highest BCUT2D eigenvalue weighted by molar-refractivity contribution is 5.88. The van der Waals surface area contributed by atoms with E-state index >= 15 is 0 Å². The van der Waals surface area contributed by atoms with Gasteiger partial charge < -0.3 is 5.11 Å². The number of rotatable bonds is 1. The Morgan fingerprint density at radius 2 is 2.36 bits per heavy atom. The van der Waals surface area contributed by atoms with Crippen LogP contribution in [0, 0.1) is 17.8 Å². The van der Waals surface area contributed by atoms with Crippen LogP contribution in [0.25, 0.3) is 0 Å². The summed E-state index contributed by atoms with van der Waals surface area (Å²) in [5.74, 6) is 1.08. The summed E-state index contributed by atoms with van der Waals surface area (Å²) in [5.41, 5.74) is 0. The second kappa shape index (κ2) is 2.18. The molecule has 4 atom stereocenters. The number of ketones is 1. The van der Waals surface area contributed by atoms with Crippen LogP contribution in [0.4, 0.5) is 0 Å². The number of carbonyl (C=O) groups excluding carboxylic acids is 1. The number of fused-ring (bicyclic) bond motifs is 1. The summed E-state index contributed by atoms with van der Waals surface area (Å²) in [5, 5.41) is 9.46. The molecule has 0 bridgehead atoms. The second-order valence-corrected chi connectivity index (χ2v) is 3.56. The first-order chi connectivity index (χ1) is 5.24. The van der Waals surface area contributed by atoms with Crippen molar-refractivity contribution in [3.05, 3.63) is 12.7 Å². The summed E-state index contributed by atoms with van der Waals surface area (Å²) in [6.07, 6.45) is 2.81. The van der Waals surface area contributed by atoms with E-state index in [1.54, 1.807) is 6.08 Å². The average Bonchev–Trinajstić information content (AvgIpc) is 2.24. The fourth-order valence-corrected chi connectivity index (χ4v) is 2.35. The first-order valence-electron chi connectivity index (χ1n) is 4.07. The average molecular weight is 152 g/mol. The Balaban J connectivity index is 2.15. The maximum Gasteiger partial charge on any atom is 0.136 e. The topological polar surface area (TPSA) is 37.3 Å². The van der Waals surface area contributed by atoms with Crippen molar-refractivity contribution in [2.24, 2.45) is 17.8 Å². The lowest BCUT2D eigenvalue weighted by molar-refractivity contribution is -0.133. The van der Waals surface area contributed by atoms with Crippen molar-refractivity contribution in [3.63, 3.8) is 0 Å². The molecule has 0 aliphatic heterocycles. The Morgan fingerprint density at radius 1 is 1.64 bits per heavy atom. The van der Waals surface area contributed by atoms with Crippen LogP contribution < -0.4 is 0 Å². The molecular formula is C9H12O2. The van der Waals surface area contributed by atoms with Crippen LogP contribution in [0.2, 0.25) is 0 Å². The zero-order chi connectivity index (χ0) is 8.01. The number of aliphatic hydroxyl groups excluding tert-OH is 1. The van der Waals surface area contributed by atoms with Crippen LogP contribution in [0.3, 0.4) is 0 Å². The standard InChI is InChI=1S/C9H12O2/c1-2-5-6-3-9(11)7(6)4-8(5)10/h2,5-8,10H,1,3-4H2/t5?,6-,7+,8?/m1/s1. The van der Waals surface area contributed by atoms with E-state index in [-0.39, 0.29) is 17.9 Å². The van der Waals surface area contributed by atoms with Gasteiger partial charge in [0.25, 0.3) is 0 Å². The number of hydrogen-bond donors (Lipinski definition) is 1. The van der Waals surface area contributed by atoms with Gasteiger partial charge in [-0.3, -0.25) is 4.79 Å². The predicted molar refractivity (Wildman–Crippen MR) is 40.9 cm³/mol. The maximum absolute atomic E-state index is 11.0. The van der Waals surface area contributed by atoms with Crippen LogP contribution in [0.15, 0.2) is 12.7 Å². The van der Waals surface area contributed by atoms with Crippen molar-refractivity contribution in [1.29, 1.82) is 0 Å². The first-order valence-corrected chi connectivity index (χ1v) is 4.07. The second-order valence-electron chi connectivity index (χ2n) is 3.56. The van der Waals surface area contributed by atoms with E-state index in [1.807, 2.05) is 0 Å². The number of Topliss-reactive ketones (excluding diaryl/α,β-unsaturated/α-hetero) is 1. The van der Waals surface area contributed by atoms with Crippen molar-refractivity contribution in [2.75, 3.05) is 0 Å². The van der Waals surface area contributed by atoms with Gasteiger partial charge in [-0.2, -0.15) is 0 Å². The smallest absolute Gasteiger partial charge is 0.136 e. The summed E-state index contributed by atoms with van der Waals surface area (Å²) < 4.78 is 0. The minimum Gasteiger partial charge on any atom is -0.392 e. The summed E-state index contributed by atoms with van der Waals surface area (Å²) in [6, 6.07) is 0. The molecule has 2 rings (SSSR count). The molecule has 2 nitrogen and oxygen atoms in total. The third-order valence-corrected chi connectivity index (χ3v) is 3.07. The number of carbonyl (C=O) groups is 1. The van der Waals surface area contributed by atoms with Gasteiger partial charge in [-0.05, 0) is 12.3 Å². The van der Waals surface area contributed by atoms with E-state index in [1.165, 1.54) is 0 Å².